The summed E-state index contributed by atoms with van der Waals surface area (Å²) in [6.45, 7) is 0. The Morgan fingerprint density at radius 3 is 1.64 bits per heavy atom. The Hall–Kier alpha value is -7.68. The van der Waals surface area contributed by atoms with Gasteiger partial charge in [-0.25, -0.2) is 0 Å². The van der Waals surface area contributed by atoms with Gasteiger partial charge in [-0.3, -0.25) is 0 Å². The smallest absolute Gasteiger partial charge is 0.143 e. The zero-order valence-corrected chi connectivity index (χ0v) is 31.7. The van der Waals surface area contributed by atoms with Crippen LogP contribution in [0.4, 0.5) is 17.1 Å². The second-order valence-electron chi connectivity index (χ2n) is 14.9. The van der Waals surface area contributed by atoms with Crippen molar-refractivity contribution in [2.45, 2.75) is 0 Å². The fraction of sp³-hybridized carbons (Fsp3) is 0. The van der Waals surface area contributed by atoms with Gasteiger partial charge in [0.05, 0.1) is 11.1 Å². The highest BCUT2D eigenvalue weighted by Crippen LogP contribution is 2.47. The number of nitrogens with zero attached hydrogens (tertiary/aromatic N) is 1. The minimum Gasteiger partial charge on any atom is -0.455 e. The quantitative estimate of drug-likeness (QED) is 0.162. The third-order valence-corrected chi connectivity index (χ3v) is 11.4. The van der Waals surface area contributed by atoms with Crippen LogP contribution in [0.3, 0.4) is 0 Å². The summed E-state index contributed by atoms with van der Waals surface area (Å²) in [5.74, 6) is 0. The molecule has 1 aromatic heterocycles. The molecule has 0 radical (unpaired) electrons. The van der Waals surface area contributed by atoms with Crippen LogP contribution in [0.1, 0.15) is 0 Å². The molecule has 0 aliphatic heterocycles. The standard InChI is InChI=1S/C56H37NO/c1-3-14-38(15-4-1)41-28-30-42(31-29-41)45-21-12-23-47(35-45)57(48-33-32-40-18-7-8-19-44(40)36-48)53-26-13-27-54-55(53)52-37-51(49-24-9-10-25-50(49)56(52)58-54)46-22-11-20-43(34-46)39-16-5-2-6-17-39/h1-37H. The van der Waals surface area contributed by atoms with Gasteiger partial charge in [-0.05, 0) is 109 Å². The molecule has 1 heterocycles. The van der Waals surface area contributed by atoms with Crippen molar-refractivity contribution in [3.8, 4) is 44.5 Å². The molecule has 0 unspecified atom stereocenters. The maximum Gasteiger partial charge on any atom is 0.143 e. The summed E-state index contributed by atoms with van der Waals surface area (Å²) in [5.41, 5.74) is 14.4. The van der Waals surface area contributed by atoms with Crippen LogP contribution in [0.5, 0.6) is 0 Å². The van der Waals surface area contributed by atoms with Crippen molar-refractivity contribution in [2.75, 3.05) is 4.90 Å². The van der Waals surface area contributed by atoms with Crippen LogP contribution in [0.25, 0.3) is 88.0 Å². The second-order valence-corrected chi connectivity index (χ2v) is 14.9. The van der Waals surface area contributed by atoms with Crippen LogP contribution in [0.15, 0.2) is 229 Å². The number of fused-ring (bicyclic) bond motifs is 6. The Kier molecular flexibility index (Phi) is 8.19. The normalized spacial score (nSPS) is 11.4. The first-order valence-electron chi connectivity index (χ1n) is 19.8. The number of hydrogen-bond acceptors (Lipinski definition) is 2. The molecule has 272 valence electrons. The SMILES string of the molecule is c1ccc(-c2ccc(-c3cccc(N(c4ccc5ccccc5c4)c4cccc5oc6c7ccccc7c(-c7cccc(-c8ccccc8)c7)cc6c45)c3)cc2)cc1. The van der Waals surface area contributed by atoms with Crippen LogP contribution >= 0.6 is 0 Å². The Balaban J connectivity index is 1.12. The van der Waals surface area contributed by atoms with Crippen LogP contribution < -0.4 is 4.90 Å². The van der Waals surface area contributed by atoms with Gasteiger partial charge in [0.2, 0.25) is 0 Å². The third-order valence-electron chi connectivity index (χ3n) is 11.4. The molecule has 0 N–H and O–H groups in total. The zero-order chi connectivity index (χ0) is 38.4. The second kappa shape index (κ2) is 14.1. The van der Waals surface area contributed by atoms with Crippen molar-refractivity contribution in [3.63, 3.8) is 0 Å². The predicted molar refractivity (Wildman–Crippen MR) is 245 cm³/mol. The highest BCUT2D eigenvalue weighted by Gasteiger charge is 2.22. The van der Waals surface area contributed by atoms with Gasteiger partial charge in [0.1, 0.15) is 11.2 Å². The summed E-state index contributed by atoms with van der Waals surface area (Å²) >= 11 is 0. The summed E-state index contributed by atoms with van der Waals surface area (Å²) < 4.78 is 6.90. The average molecular weight is 740 g/mol. The molecular weight excluding hydrogens is 703 g/mol. The van der Waals surface area contributed by atoms with Gasteiger partial charge in [-0.2, -0.15) is 0 Å². The summed E-state index contributed by atoms with van der Waals surface area (Å²) in [6.07, 6.45) is 0. The molecule has 10 aromatic carbocycles. The van der Waals surface area contributed by atoms with Crippen LogP contribution in [0.2, 0.25) is 0 Å². The average Bonchev–Trinajstić information content (AvgIpc) is 3.69. The summed E-state index contributed by atoms with van der Waals surface area (Å²) in [4.78, 5) is 2.40. The molecule has 0 atom stereocenters. The van der Waals surface area contributed by atoms with Crippen molar-refractivity contribution in [3.05, 3.63) is 224 Å². The minimum absolute atomic E-state index is 0.853. The van der Waals surface area contributed by atoms with E-state index in [1.54, 1.807) is 0 Å². The Morgan fingerprint density at radius 2 is 0.862 bits per heavy atom. The van der Waals surface area contributed by atoms with E-state index in [9.17, 15) is 0 Å². The predicted octanol–water partition coefficient (Wildman–Crippen LogP) is 16.0. The van der Waals surface area contributed by atoms with E-state index in [2.05, 4.69) is 229 Å². The maximum atomic E-state index is 6.90. The lowest BCUT2D eigenvalue weighted by Crippen LogP contribution is -2.10. The molecular formula is C56H37NO. The highest BCUT2D eigenvalue weighted by molar-refractivity contribution is 6.22. The molecule has 0 fully saturated rings. The number of rotatable bonds is 7. The number of furan rings is 1. The largest absolute Gasteiger partial charge is 0.455 e. The molecule has 11 aromatic rings. The fourth-order valence-corrected chi connectivity index (χ4v) is 8.61. The van der Waals surface area contributed by atoms with Gasteiger partial charge in [0.25, 0.3) is 0 Å². The van der Waals surface area contributed by atoms with Crippen molar-refractivity contribution in [1.82, 2.24) is 0 Å². The lowest BCUT2D eigenvalue weighted by molar-refractivity contribution is 0.672. The first-order chi connectivity index (χ1) is 28.7. The van der Waals surface area contributed by atoms with E-state index in [-0.39, 0.29) is 0 Å². The van der Waals surface area contributed by atoms with Crippen molar-refractivity contribution < 1.29 is 4.42 Å². The third kappa shape index (κ3) is 5.91. The molecule has 0 bridgehead atoms. The number of benzene rings is 10. The van der Waals surface area contributed by atoms with Crippen molar-refractivity contribution in [2.24, 2.45) is 0 Å². The van der Waals surface area contributed by atoms with E-state index < -0.39 is 0 Å². The monoisotopic (exact) mass is 739 g/mol. The van der Waals surface area contributed by atoms with Crippen LogP contribution in [-0.4, -0.2) is 0 Å². The molecule has 58 heavy (non-hydrogen) atoms. The number of anilines is 3. The van der Waals surface area contributed by atoms with Gasteiger partial charge in [-0.15, -0.1) is 0 Å². The lowest BCUT2D eigenvalue weighted by atomic mass is 9.93. The summed E-state index contributed by atoms with van der Waals surface area (Å²) in [6, 6.07) is 80.6. The molecule has 11 rings (SSSR count). The molecule has 2 heteroatoms. The maximum absolute atomic E-state index is 6.90. The molecule has 0 saturated carbocycles. The van der Waals surface area contributed by atoms with Gasteiger partial charge in [-0.1, -0.05) is 176 Å². The van der Waals surface area contributed by atoms with Gasteiger partial charge < -0.3 is 9.32 Å². The summed E-state index contributed by atoms with van der Waals surface area (Å²) in [5, 5.41) is 6.82. The van der Waals surface area contributed by atoms with E-state index in [1.807, 2.05) is 0 Å². The summed E-state index contributed by atoms with van der Waals surface area (Å²) in [7, 11) is 0. The Labute approximate surface area is 337 Å². The van der Waals surface area contributed by atoms with Gasteiger partial charge in [0, 0.05) is 22.1 Å². The van der Waals surface area contributed by atoms with E-state index in [0.29, 0.717) is 0 Å². The molecule has 0 saturated heterocycles. The first kappa shape index (κ1) is 33.6. The van der Waals surface area contributed by atoms with E-state index in [1.165, 1.54) is 49.7 Å². The number of hydrogen-bond donors (Lipinski definition) is 0. The lowest BCUT2D eigenvalue weighted by Gasteiger charge is -2.27. The van der Waals surface area contributed by atoms with Crippen LogP contribution in [0, 0.1) is 0 Å². The van der Waals surface area contributed by atoms with Crippen molar-refractivity contribution in [1.29, 1.82) is 0 Å². The first-order valence-corrected chi connectivity index (χ1v) is 19.8. The fourth-order valence-electron chi connectivity index (χ4n) is 8.61. The highest BCUT2D eigenvalue weighted by atomic mass is 16.3. The minimum atomic E-state index is 0.853. The molecule has 0 amide bonds. The molecule has 2 nitrogen and oxygen atoms in total. The zero-order valence-electron chi connectivity index (χ0n) is 31.7. The molecule has 0 aliphatic carbocycles. The van der Waals surface area contributed by atoms with Gasteiger partial charge in [0.15, 0.2) is 0 Å². The van der Waals surface area contributed by atoms with E-state index >= 15 is 0 Å². The topological polar surface area (TPSA) is 16.4 Å². The Bertz CT molecular complexity index is 3270. The molecule has 0 spiro atoms. The Morgan fingerprint density at radius 1 is 0.310 bits per heavy atom. The molecule has 0 aliphatic rings. The van der Waals surface area contributed by atoms with E-state index in [4.69, 9.17) is 4.42 Å². The van der Waals surface area contributed by atoms with Gasteiger partial charge >= 0.3 is 0 Å². The van der Waals surface area contributed by atoms with Crippen LogP contribution in [-0.2, 0) is 0 Å². The van der Waals surface area contributed by atoms with Crippen molar-refractivity contribution >= 4 is 60.5 Å². The van der Waals surface area contributed by atoms with E-state index in [0.717, 1.165) is 55.3 Å².